The van der Waals surface area contributed by atoms with Crippen molar-refractivity contribution in [2.45, 2.75) is 12.2 Å². The summed E-state index contributed by atoms with van der Waals surface area (Å²) >= 11 is 5.48. The average molecular weight is 418 g/mol. The lowest BCUT2D eigenvalue weighted by Gasteiger charge is -2.41. The minimum atomic E-state index is -0.437. The Hall–Kier alpha value is -3.38. The minimum Gasteiger partial charge on any atom is -0.497 e. The first-order valence-electron chi connectivity index (χ1n) is 9.77. The molecule has 0 radical (unpaired) electrons. The molecule has 0 aliphatic carbocycles. The smallest absolute Gasteiger partial charge is 0.172 e. The van der Waals surface area contributed by atoms with Gasteiger partial charge in [0, 0.05) is 11.3 Å². The molecule has 0 aromatic heterocycles. The number of nitrogens with one attached hydrogen (secondary N) is 3. The molecular weight excluding hydrogens is 394 g/mol. The number of ketones is 1. The average Bonchev–Trinajstić information content (AvgIpc) is 2.79. The normalized spacial score (nSPS) is 20.6. The van der Waals surface area contributed by atoms with Crippen molar-refractivity contribution >= 4 is 28.8 Å². The van der Waals surface area contributed by atoms with Gasteiger partial charge in [0.05, 0.1) is 19.1 Å². The van der Waals surface area contributed by atoms with E-state index >= 15 is 0 Å². The highest BCUT2D eigenvalue weighted by Crippen LogP contribution is 2.32. The summed E-state index contributed by atoms with van der Waals surface area (Å²) in [5, 5.41) is 10.5. The van der Waals surface area contributed by atoms with E-state index in [2.05, 4.69) is 16.0 Å². The van der Waals surface area contributed by atoms with Gasteiger partial charge >= 0.3 is 0 Å². The van der Waals surface area contributed by atoms with Crippen molar-refractivity contribution in [1.29, 1.82) is 0 Å². The zero-order valence-corrected chi connectivity index (χ0v) is 17.4. The monoisotopic (exact) mass is 417 g/mol. The second kappa shape index (κ2) is 8.97. The number of hydrogen-bond donors (Lipinski definition) is 3. The lowest BCUT2D eigenvalue weighted by Crippen LogP contribution is -2.61. The SMILES string of the molecule is COc1ccc([C@@H]2NC(=S)N[C@H](Nc3ccccc3)[C@@H]2C(=O)c2ccccc2)cc1. The molecule has 4 rings (SSSR count). The van der Waals surface area contributed by atoms with Crippen molar-refractivity contribution in [2.75, 3.05) is 12.4 Å². The third kappa shape index (κ3) is 4.28. The number of carbonyl (C=O) groups excluding carboxylic acids is 1. The van der Waals surface area contributed by atoms with E-state index in [0.717, 1.165) is 17.0 Å². The van der Waals surface area contributed by atoms with Crippen molar-refractivity contribution in [3.63, 3.8) is 0 Å². The van der Waals surface area contributed by atoms with E-state index < -0.39 is 5.92 Å². The Morgan fingerprint density at radius 1 is 0.900 bits per heavy atom. The van der Waals surface area contributed by atoms with Gasteiger partial charge in [-0.15, -0.1) is 0 Å². The number of anilines is 1. The summed E-state index contributed by atoms with van der Waals surface area (Å²) in [6, 6.07) is 26.6. The van der Waals surface area contributed by atoms with Crippen LogP contribution in [0.4, 0.5) is 5.69 Å². The number of para-hydroxylation sites is 1. The molecule has 0 bridgehead atoms. The van der Waals surface area contributed by atoms with Gasteiger partial charge in [0.1, 0.15) is 11.9 Å². The largest absolute Gasteiger partial charge is 0.497 e. The van der Waals surface area contributed by atoms with Crippen LogP contribution in [0.3, 0.4) is 0 Å². The highest BCUT2D eigenvalue weighted by atomic mass is 32.1. The van der Waals surface area contributed by atoms with Crippen molar-refractivity contribution < 1.29 is 9.53 Å². The quantitative estimate of drug-likeness (QED) is 0.414. The maximum atomic E-state index is 13.6. The molecule has 3 N–H and O–H groups in total. The van der Waals surface area contributed by atoms with Crippen LogP contribution >= 0.6 is 12.2 Å². The molecule has 152 valence electrons. The summed E-state index contributed by atoms with van der Waals surface area (Å²) in [6.07, 6.45) is -0.374. The highest BCUT2D eigenvalue weighted by molar-refractivity contribution is 7.80. The summed E-state index contributed by atoms with van der Waals surface area (Å²) < 4.78 is 5.28. The molecule has 1 saturated heterocycles. The number of ether oxygens (including phenoxy) is 1. The van der Waals surface area contributed by atoms with E-state index in [9.17, 15) is 4.79 Å². The first-order chi connectivity index (χ1) is 14.7. The topological polar surface area (TPSA) is 62.4 Å². The molecule has 3 aromatic carbocycles. The Bertz CT molecular complexity index is 1010. The van der Waals surface area contributed by atoms with Crippen LogP contribution in [0.25, 0.3) is 0 Å². The zero-order chi connectivity index (χ0) is 20.9. The Kier molecular flexibility index (Phi) is 5.95. The Balaban J connectivity index is 1.73. The van der Waals surface area contributed by atoms with E-state index in [1.54, 1.807) is 7.11 Å². The van der Waals surface area contributed by atoms with Gasteiger partial charge in [0.2, 0.25) is 0 Å². The zero-order valence-electron chi connectivity index (χ0n) is 16.5. The number of Topliss-reactive ketones (excluding diaryl/α,β-unsaturated/α-hetero) is 1. The van der Waals surface area contributed by atoms with Gasteiger partial charge in [-0.25, -0.2) is 0 Å². The van der Waals surface area contributed by atoms with Crippen LogP contribution in [0.1, 0.15) is 22.0 Å². The third-order valence-electron chi connectivity index (χ3n) is 5.22. The molecule has 5 nitrogen and oxygen atoms in total. The predicted octanol–water partition coefficient (Wildman–Crippen LogP) is 4.15. The number of hydrogen-bond acceptors (Lipinski definition) is 4. The summed E-state index contributed by atoms with van der Waals surface area (Å²) in [5.74, 6) is 0.361. The molecule has 30 heavy (non-hydrogen) atoms. The van der Waals surface area contributed by atoms with Crippen molar-refractivity contribution in [3.8, 4) is 5.75 Å². The van der Waals surface area contributed by atoms with E-state index in [4.69, 9.17) is 17.0 Å². The van der Waals surface area contributed by atoms with E-state index in [0.29, 0.717) is 10.7 Å². The molecule has 1 heterocycles. The Labute approximate surface area is 181 Å². The van der Waals surface area contributed by atoms with Gasteiger partial charge in [0.15, 0.2) is 10.9 Å². The second-order valence-electron chi connectivity index (χ2n) is 7.11. The van der Waals surface area contributed by atoms with Gasteiger partial charge < -0.3 is 20.7 Å². The summed E-state index contributed by atoms with van der Waals surface area (Å²) in [6.45, 7) is 0. The third-order valence-corrected chi connectivity index (χ3v) is 5.46. The number of carbonyl (C=O) groups is 1. The maximum Gasteiger partial charge on any atom is 0.172 e. The Morgan fingerprint density at radius 2 is 1.53 bits per heavy atom. The molecule has 0 amide bonds. The van der Waals surface area contributed by atoms with Gasteiger partial charge in [0.25, 0.3) is 0 Å². The van der Waals surface area contributed by atoms with Crippen LogP contribution in [0.2, 0.25) is 0 Å². The van der Waals surface area contributed by atoms with Crippen molar-refractivity contribution in [3.05, 3.63) is 96.1 Å². The predicted molar refractivity (Wildman–Crippen MR) is 123 cm³/mol. The molecule has 6 heteroatoms. The van der Waals surface area contributed by atoms with E-state index in [1.807, 2.05) is 84.9 Å². The molecule has 1 aliphatic rings. The van der Waals surface area contributed by atoms with E-state index in [1.165, 1.54) is 0 Å². The molecule has 3 atom stereocenters. The fourth-order valence-corrected chi connectivity index (χ4v) is 3.99. The van der Waals surface area contributed by atoms with Crippen LogP contribution in [-0.2, 0) is 0 Å². The first kappa shape index (κ1) is 19.9. The van der Waals surface area contributed by atoms with Crippen molar-refractivity contribution in [2.24, 2.45) is 5.92 Å². The first-order valence-corrected chi connectivity index (χ1v) is 10.2. The Morgan fingerprint density at radius 3 is 2.17 bits per heavy atom. The molecule has 0 saturated carbocycles. The lowest BCUT2D eigenvalue weighted by molar-refractivity contribution is 0.0862. The second-order valence-corrected chi connectivity index (χ2v) is 7.52. The van der Waals surface area contributed by atoms with Gasteiger partial charge in [-0.2, -0.15) is 0 Å². The fourth-order valence-electron chi connectivity index (χ4n) is 3.74. The van der Waals surface area contributed by atoms with Crippen LogP contribution < -0.4 is 20.7 Å². The highest BCUT2D eigenvalue weighted by Gasteiger charge is 2.41. The van der Waals surface area contributed by atoms with Crippen LogP contribution in [0.15, 0.2) is 84.9 Å². The number of rotatable bonds is 6. The number of thiocarbonyl (C=S) groups is 1. The van der Waals surface area contributed by atoms with E-state index in [-0.39, 0.29) is 18.0 Å². The lowest BCUT2D eigenvalue weighted by atomic mass is 9.83. The molecule has 3 aromatic rings. The minimum absolute atomic E-state index is 0.0346. The standard InChI is InChI=1S/C24H23N3O2S/c1-29-19-14-12-16(13-15-19)21-20(22(28)17-8-4-2-5-9-17)23(27-24(30)26-21)25-18-10-6-3-7-11-18/h2-15,20-21,23,25H,1H3,(H2,26,27,30)/t20-,21-,23-/m0/s1. The molecule has 1 aliphatic heterocycles. The summed E-state index contributed by atoms with van der Waals surface area (Å²) in [4.78, 5) is 13.6. The molecule has 0 unspecified atom stereocenters. The van der Waals surface area contributed by atoms with Gasteiger partial charge in [-0.05, 0) is 42.0 Å². The molecule has 0 spiro atoms. The number of benzene rings is 3. The van der Waals surface area contributed by atoms with Crippen molar-refractivity contribution in [1.82, 2.24) is 10.6 Å². The maximum absolute atomic E-state index is 13.6. The van der Waals surface area contributed by atoms with Gasteiger partial charge in [-0.3, -0.25) is 4.79 Å². The van der Waals surface area contributed by atoms with Crippen LogP contribution in [0.5, 0.6) is 5.75 Å². The summed E-state index contributed by atoms with van der Waals surface area (Å²) in [7, 11) is 1.63. The van der Waals surface area contributed by atoms with Crippen LogP contribution in [0, 0.1) is 5.92 Å². The number of methoxy groups -OCH3 is 1. The van der Waals surface area contributed by atoms with Crippen LogP contribution in [-0.4, -0.2) is 24.2 Å². The summed E-state index contributed by atoms with van der Waals surface area (Å²) in [5.41, 5.74) is 2.55. The molecule has 1 fully saturated rings. The van der Waals surface area contributed by atoms with Gasteiger partial charge in [-0.1, -0.05) is 60.7 Å². The molecular formula is C24H23N3O2S. The fraction of sp³-hybridized carbons (Fsp3) is 0.167.